The number of ether oxygens (including phenoxy) is 1. The number of carbonyl (C=O) groups excluding carboxylic acids is 1. The molecule has 0 rings (SSSR count). The van der Waals surface area contributed by atoms with Crippen molar-refractivity contribution in [2.75, 3.05) is 26.2 Å². The molecule has 0 spiro atoms. The fourth-order valence-electron chi connectivity index (χ4n) is 4.05. The van der Waals surface area contributed by atoms with Crippen LogP contribution in [0.3, 0.4) is 0 Å². The largest absolute Gasteiger partial charge is 0.465 e. The lowest BCUT2D eigenvalue weighted by molar-refractivity contribution is -0.144. The number of unbranched alkanes of at least 4 members (excludes halogenated alkanes) is 14. The third-order valence-corrected chi connectivity index (χ3v) is 6.09. The Kier molecular flexibility index (Phi) is 23.6. The molecule has 31 heavy (non-hydrogen) atoms. The summed E-state index contributed by atoms with van der Waals surface area (Å²) in [6, 6.07) is 0. The number of carbonyl (C=O) groups is 1. The van der Waals surface area contributed by atoms with Crippen molar-refractivity contribution in [3.8, 4) is 0 Å². The van der Waals surface area contributed by atoms with E-state index in [9.17, 15) is 4.79 Å². The lowest BCUT2D eigenvalue weighted by Gasteiger charge is -2.22. The van der Waals surface area contributed by atoms with E-state index in [2.05, 4.69) is 32.6 Å². The van der Waals surface area contributed by atoms with Gasteiger partial charge in [0.15, 0.2) is 0 Å². The van der Waals surface area contributed by atoms with Crippen LogP contribution in [0.2, 0.25) is 0 Å². The molecule has 0 amide bonds. The smallest absolute Gasteiger partial charge is 0.305 e. The van der Waals surface area contributed by atoms with Gasteiger partial charge in [0.2, 0.25) is 0 Å². The molecule has 0 radical (unpaired) electrons. The van der Waals surface area contributed by atoms with Crippen LogP contribution in [0.5, 0.6) is 0 Å². The van der Waals surface area contributed by atoms with Gasteiger partial charge in [0.05, 0.1) is 6.61 Å². The van der Waals surface area contributed by atoms with Crippen molar-refractivity contribution in [2.45, 2.75) is 143 Å². The highest BCUT2D eigenvalue weighted by Crippen LogP contribution is 2.12. The second-order valence-electron chi connectivity index (χ2n) is 9.97. The van der Waals surface area contributed by atoms with E-state index in [4.69, 9.17) is 4.74 Å². The van der Waals surface area contributed by atoms with E-state index in [1.807, 2.05) is 0 Å². The maximum absolute atomic E-state index is 11.9. The summed E-state index contributed by atoms with van der Waals surface area (Å²) in [6.07, 6.45) is 23.5. The van der Waals surface area contributed by atoms with Crippen molar-refractivity contribution in [3.63, 3.8) is 0 Å². The first-order valence-corrected chi connectivity index (χ1v) is 14.0. The van der Waals surface area contributed by atoms with Gasteiger partial charge in [-0.05, 0) is 44.8 Å². The van der Waals surface area contributed by atoms with Gasteiger partial charge in [0, 0.05) is 6.42 Å². The van der Waals surface area contributed by atoms with E-state index in [-0.39, 0.29) is 5.97 Å². The molecule has 0 N–H and O–H groups in total. The molecule has 0 unspecified atom stereocenters. The molecule has 0 saturated heterocycles. The summed E-state index contributed by atoms with van der Waals surface area (Å²) in [5, 5.41) is 0. The average Bonchev–Trinajstić information content (AvgIpc) is 2.75. The Morgan fingerprint density at radius 1 is 0.613 bits per heavy atom. The fourth-order valence-corrected chi connectivity index (χ4v) is 4.05. The third kappa shape index (κ3) is 23.9. The highest BCUT2D eigenvalue weighted by Gasteiger charge is 2.08. The molecule has 0 aliphatic rings. The molecule has 0 heterocycles. The van der Waals surface area contributed by atoms with Gasteiger partial charge in [-0.15, -0.1) is 0 Å². The minimum atomic E-state index is -0.0205. The minimum Gasteiger partial charge on any atom is -0.465 e. The van der Waals surface area contributed by atoms with Crippen LogP contribution >= 0.6 is 0 Å². The summed E-state index contributed by atoms with van der Waals surface area (Å²) >= 11 is 0. The van der Waals surface area contributed by atoms with Crippen molar-refractivity contribution in [1.82, 2.24) is 4.90 Å². The van der Waals surface area contributed by atoms with Crippen LogP contribution in [0.1, 0.15) is 143 Å². The van der Waals surface area contributed by atoms with Crippen molar-refractivity contribution in [1.29, 1.82) is 0 Å². The van der Waals surface area contributed by atoms with Crippen molar-refractivity contribution < 1.29 is 9.53 Å². The predicted octanol–water partition coefficient (Wildman–Crippen LogP) is 8.55. The van der Waals surface area contributed by atoms with Gasteiger partial charge in [-0.3, -0.25) is 4.79 Å². The summed E-state index contributed by atoms with van der Waals surface area (Å²) in [6.45, 7) is 12.7. The number of hydrogen-bond acceptors (Lipinski definition) is 3. The third-order valence-electron chi connectivity index (χ3n) is 6.09. The molecule has 0 aliphatic heterocycles. The number of rotatable bonds is 24. The van der Waals surface area contributed by atoms with Crippen LogP contribution in [0, 0.1) is 5.92 Å². The molecule has 0 atom stereocenters. The van der Waals surface area contributed by atoms with Gasteiger partial charge in [-0.1, -0.05) is 118 Å². The zero-order valence-electron chi connectivity index (χ0n) is 21.9. The Bertz CT molecular complexity index is 350. The Labute approximate surface area is 196 Å². The summed E-state index contributed by atoms with van der Waals surface area (Å²) in [5.41, 5.74) is 0. The minimum absolute atomic E-state index is 0.0205. The maximum atomic E-state index is 11.9. The molecule has 3 nitrogen and oxygen atoms in total. The first-order chi connectivity index (χ1) is 15.1. The monoisotopic (exact) mass is 439 g/mol. The lowest BCUT2D eigenvalue weighted by Crippen LogP contribution is -2.28. The first-order valence-electron chi connectivity index (χ1n) is 14.0. The van der Waals surface area contributed by atoms with E-state index >= 15 is 0 Å². The predicted molar refractivity (Wildman–Crippen MR) is 137 cm³/mol. The van der Waals surface area contributed by atoms with E-state index in [1.165, 1.54) is 116 Å². The van der Waals surface area contributed by atoms with Crippen molar-refractivity contribution in [3.05, 3.63) is 0 Å². The van der Waals surface area contributed by atoms with Crippen LogP contribution in [-0.2, 0) is 9.53 Å². The van der Waals surface area contributed by atoms with Gasteiger partial charge < -0.3 is 9.64 Å². The van der Waals surface area contributed by atoms with Gasteiger partial charge in [-0.2, -0.15) is 0 Å². The Balaban J connectivity index is 3.99. The van der Waals surface area contributed by atoms with Gasteiger partial charge >= 0.3 is 5.97 Å². The normalized spacial score (nSPS) is 11.5. The Morgan fingerprint density at radius 3 is 1.42 bits per heavy atom. The molecule has 0 aliphatic carbocycles. The van der Waals surface area contributed by atoms with Crippen LogP contribution in [0.25, 0.3) is 0 Å². The van der Waals surface area contributed by atoms with Gasteiger partial charge in [0.1, 0.15) is 0 Å². The lowest BCUT2D eigenvalue weighted by atomic mass is 10.1. The SMILES string of the molecule is CCCCCCCCCCN(CCCCCCCCCC)CCCC(=O)OCC(C)C. The van der Waals surface area contributed by atoms with E-state index in [1.54, 1.807) is 0 Å². The molecular formula is C28H57NO2. The zero-order valence-corrected chi connectivity index (χ0v) is 21.9. The molecule has 186 valence electrons. The van der Waals surface area contributed by atoms with Crippen LogP contribution in [0.15, 0.2) is 0 Å². The van der Waals surface area contributed by atoms with Crippen LogP contribution in [-0.4, -0.2) is 37.1 Å². The molecule has 0 aromatic carbocycles. The molecular weight excluding hydrogens is 382 g/mol. The van der Waals surface area contributed by atoms with E-state index < -0.39 is 0 Å². The molecule has 0 fully saturated rings. The topological polar surface area (TPSA) is 29.5 Å². The highest BCUT2D eigenvalue weighted by molar-refractivity contribution is 5.69. The first kappa shape index (κ1) is 30.4. The zero-order chi connectivity index (χ0) is 23.0. The van der Waals surface area contributed by atoms with Crippen molar-refractivity contribution in [2.24, 2.45) is 5.92 Å². The number of nitrogens with zero attached hydrogens (tertiary/aromatic N) is 1. The summed E-state index contributed by atoms with van der Waals surface area (Å²) < 4.78 is 5.33. The molecule has 0 aromatic rings. The van der Waals surface area contributed by atoms with Gasteiger partial charge in [0.25, 0.3) is 0 Å². The average molecular weight is 440 g/mol. The van der Waals surface area contributed by atoms with Gasteiger partial charge in [-0.25, -0.2) is 0 Å². The molecule has 0 aromatic heterocycles. The number of esters is 1. The van der Waals surface area contributed by atoms with Crippen LogP contribution in [0.4, 0.5) is 0 Å². The second-order valence-corrected chi connectivity index (χ2v) is 9.97. The molecule has 3 heteroatoms. The summed E-state index contributed by atoms with van der Waals surface area (Å²) in [5.74, 6) is 0.400. The highest BCUT2D eigenvalue weighted by atomic mass is 16.5. The quantitative estimate of drug-likeness (QED) is 0.111. The molecule has 0 saturated carbocycles. The van der Waals surface area contributed by atoms with E-state index in [0.29, 0.717) is 18.9 Å². The van der Waals surface area contributed by atoms with Crippen LogP contribution < -0.4 is 0 Å². The molecule has 0 bridgehead atoms. The van der Waals surface area contributed by atoms with E-state index in [0.717, 1.165) is 13.0 Å². The fraction of sp³-hybridized carbons (Fsp3) is 0.964. The summed E-state index contributed by atoms with van der Waals surface area (Å²) in [7, 11) is 0. The Morgan fingerprint density at radius 2 is 1.00 bits per heavy atom. The summed E-state index contributed by atoms with van der Waals surface area (Å²) in [4.78, 5) is 14.5. The maximum Gasteiger partial charge on any atom is 0.305 e. The second kappa shape index (κ2) is 24.1. The standard InChI is InChI=1S/C28H57NO2/c1-5-7-9-11-13-15-17-19-23-29(24-20-18-16-14-12-10-8-6-2)25-21-22-28(30)31-26-27(3)4/h27H,5-26H2,1-4H3. The van der Waals surface area contributed by atoms with Crippen molar-refractivity contribution >= 4 is 5.97 Å². The number of hydrogen-bond donors (Lipinski definition) is 0. The Hall–Kier alpha value is -0.570.